The maximum atomic E-state index is 12.4. The van der Waals surface area contributed by atoms with Crippen molar-refractivity contribution < 1.29 is 24.6 Å². The third-order valence-corrected chi connectivity index (χ3v) is 3.62. The number of nitrogens with one attached hydrogen (secondary N) is 2. The van der Waals surface area contributed by atoms with E-state index in [0.29, 0.717) is 37.4 Å². The number of anilines is 1. The number of amides is 4. The summed E-state index contributed by atoms with van der Waals surface area (Å²) in [7, 11) is 0. The average molecular weight is 336 g/mol. The van der Waals surface area contributed by atoms with Crippen LogP contribution in [-0.4, -0.2) is 77.4 Å². The first-order valence-corrected chi connectivity index (χ1v) is 7.54. The monoisotopic (exact) mass is 336 g/mol. The number of rotatable bonds is 4. The highest BCUT2D eigenvalue weighted by Gasteiger charge is 2.24. The van der Waals surface area contributed by atoms with Gasteiger partial charge in [0.15, 0.2) is 0 Å². The first-order chi connectivity index (χ1) is 11.5. The molecule has 0 radical (unpaired) electrons. The zero-order valence-corrected chi connectivity index (χ0v) is 13.1. The minimum atomic E-state index is -0.975. The Labute approximate surface area is 138 Å². The van der Waals surface area contributed by atoms with E-state index in [4.69, 9.17) is 10.2 Å². The number of nitrogens with zero attached hydrogens (tertiary/aromatic N) is 2. The van der Waals surface area contributed by atoms with Crippen LogP contribution in [0.25, 0.3) is 0 Å². The Balaban J connectivity index is 1.89. The van der Waals surface area contributed by atoms with Gasteiger partial charge in [0.2, 0.25) is 0 Å². The summed E-state index contributed by atoms with van der Waals surface area (Å²) in [5, 5.41) is 22.6. The van der Waals surface area contributed by atoms with Gasteiger partial charge >= 0.3 is 12.1 Å². The molecule has 0 unspecified atom stereocenters. The number of aliphatic hydroxyl groups excluding tert-OH is 1. The number of aliphatic hydroxyl groups is 1. The van der Waals surface area contributed by atoms with Gasteiger partial charge in [-0.25, -0.2) is 9.59 Å². The lowest BCUT2D eigenvalue weighted by molar-refractivity contribution is 0.0625. The molecule has 0 saturated carbocycles. The van der Waals surface area contributed by atoms with E-state index in [1.807, 2.05) is 0 Å². The van der Waals surface area contributed by atoms with E-state index in [1.54, 1.807) is 29.2 Å². The molecular formula is C15H20N4O5. The summed E-state index contributed by atoms with van der Waals surface area (Å²) < 4.78 is 0. The van der Waals surface area contributed by atoms with Gasteiger partial charge in [-0.05, 0) is 24.3 Å². The van der Waals surface area contributed by atoms with Gasteiger partial charge in [-0.15, -0.1) is 0 Å². The predicted molar refractivity (Wildman–Crippen MR) is 86.1 cm³/mol. The molecule has 1 heterocycles. The predicted octanol–water partition coefficient (Wildman–Crippen LogP) is 0.236. The Hall–Kier alpha value is -2.81. The molecule has 130 valence electrons. The van der Waals surface area contributed by atoms with E-state index < -0.39 is 12.1 Å². The second kappa shape index (κ2) is 8.16. The summed E-state index contributed by atoms with van der Waals surface area (Å²) in [4.78, 5) is 37.6. The molecule has 0 bridgehead atoms. The zero-order chi connectivity index (χ0) is 17.5. The molecule has 1 aromatic rings. The highest BCUT2D eigenvalue weighted by Crippen LogP contribution is 2.13. The van der Waals surface area contributed by atoms with E-state index in [9.17, 15) is 14.4 Å². The molecule has 4 N–H and O–H groups in total. The van der Waals surface area contributed by atoms with Crippen molar-refractivity contribution in [2.24, 2.45) is 0 Å². The Morgan fingerprint density at radius 3 is 2.12 bits per heavy atom. The molecule has 9 nitrogen and oxygen atoms in total. The van der Waals surface area contributed by atoms with Crippen LogP contribution < -0.4 is 10.6 Å². The van der Waals surface area contributed by atoms with Gasteiger partial charge in [0.25, 0.3) is 5.91 Å². The molecular weight excluding hydrogens is 316 g/mol. The van der Waals surface area contributed by atoms with Crippen LogP contribution in [0.5, 0.6) is 0 Å². The van der Waals surface area contributed by atoms with Crippen LogP contribution in [-0.2, 0) is 0 Å². The average Bonchev–Trinajstić information content (AvgIpc) is 2.60. The number of piperazine rings is 1. The van der Waals surface area contributed by atoms with E-state index in [0.717, 1.165) is 0 Å². The fourth-order valence-electron chi connectivity index (χ4n) is 2.32. The summed E-state index contributed by atoms with van der Waals surface area (Å²) in [6, 6.07) is 5.99. The largest absolute Gasteiger partial charge is 0.465 e. The zero-order valence-electron chi connectivity index (χ0n) is 13.1. The molecule has 1 fully saturated rings. The Morgan fingerprint density at radius 1 is 1.00 bits per heavy atom. The van der Waals surface area contributed by atoms with Gasteiger partial charge in [0.05, 0.1) is 6.61 Å². The molecule has 4 amide bonds. The lowest BCUT2D eigenvalue weighted by atomic mass is 10.1. The van der Waals surface area contributed by atoms with Gasteiger partial charge in [-0.3, -0.25) is 4.79 Å². The number of carboxylic acid groups (broad SMARTS) is 1. The fourth-order valence-corrected chi connectivity index (χ4v) is 2.32. The topological polar surface area (TPSA) is 122 Å². The van der Waals surface area contributed by atoms with Gasteiger partial charge in [0.1, 0.15) is 0 Å². The van der Waals surface area contributed by atoms with Crippen molar-refractivity contribution >= 4 is 23.7 Å². The van der Waals surface area contributed by atoms with Crippen molar-refractivity contribution in [2.75, 3.05) is 44.6 Å². The molecule has 24 heavy (non-hydrogen) atoms. The minimum absolute atomic E-state index is 0.143. The lowest BCUT2D eigenvalue weighted by Crippen LogP contribution is -2.50. The fraction of sp³-hybridized carbons (Fsp3) is 0.400. The number of hydrogen-bond acceptors (Lipinski definition) is 4. The van der Waals surface area contributed by atoms with Crippen LogP contribution in [0.15, 0.2) is 24.3 Å². The maximum Gasteiger partial charge on any atom is 0.407 e. The maximum absolute atomic E-state index is 12.4. The SMILES string of the molecule is O=C(NCCO)Nc1ccc(C(=O)N2CCN(C(=O)O)CC2)cc1. The molecule has 0 spiro atoms. The molecule has 1 saturated heterocycles. The van der Waals surface area contributed by atoms with Gasteiger partial charge in [-0.1, -0.05) is 0 Å². The summed E-state index contributed by atoms with van der Waals surface area (Å²) in [6.07, 6.45) is -0.975. The van der Waals surface area contributed by atoms with Crippen molar-refractivity contribution in [1.82, 2.24) is 15.1 Å². The molecule has 0 aromatic heterocycles. The van der Waals surface area contributed by atoms with Crippen LogP contribution in [0.4, 0.5) is 15.3 Å². The number of carbonyl (C=O) groups is 3. The van der Waals surface area contributed by atoms with E-state index in [1.165, 1.54) is 4.90 Å². The standard InChI is InChI=1S/C15H20N4O5/c20-10-5-16-14(22)17-12-3-1-11(2-4-12)13(21)18-6-8-19(9-7-18)15(23)24/h1-4,20H,5-10H2,(H,23,24)(H2,16,17,22). The Bertz CT molecular complexity index is 596. The highest BCUT2D eigenvalue weighted by molar-refractivity contribution is 5.95. The Morgan fingerprint density at radius 2 is 1.58 bits per heavy atom. The summed E-state index contributed by atoms with van der Waals surface area (Å²) in [5.74, 6) is -0.170. The third kappa shape index (κ3) is 4.59. The molecule has 2 rings (SSSR count). The molecule has 9 heteroatoms. The molecule has 0 aliphatic carbocycles. The third-order valence-electron chi connectivity index (χ3n) is 3.62. The van der Waals surface area contributed by atoms with Crippen molar-refractivity contribution in [3.63, 3.8) is 0 Å². The second-order valence-corrected chi connectivity index (χ2v) is 5.24. The molecule has 0 atom stereocenters. The van der Waals surface area contributed by atoms with Gasteiger partial charge in [0, 0.05) is 44.0 Å². The highest BCUT2D eigenvalue weighted by atomic mass is 16.4. The van der Waals surface area contributed by atoms with Crippen molar-refractivity contribution in [3.8, 4) is 0 Å². The van der Waals surface area contributed by atoms with E-state index >= 15 is 0 Å². The lowest BCUT2D eigenvalue weighted by Gasteiger charge is -2.33. The van der Waals surface area contributed by atoms with Crippen LogP contribution >= 0.6 is 0 Å². The van der Waals surface area contributed by atoms with E-state index in [2.05, 4.69) is 10.6 Å². The number of benzene rings is 1. The van der Waals surface area contributed by atoms with Crippen molar-refractivity contribution in [3.05, 3.63) is 29.8 Å². The first kappa shape index (κ1) is 17.5. The van der Waals surface area contributed by atoms with Gasteiger partial charge in [-0.2, -0.15) is 0 Å². The molecule has 1 aromatic carbocycles. The van der Waals surface area contributed by atoms with E-state index in [-0.39, 0.29) is 19.1 Å². The quantitative estimate of drug-likeness (QED) is 0.627. The normalized spacial score (nSPS) is 14.2. The number of urea groups is 1. The van der Waals surface area contributed by atoms with Crippen molar-refractivity contribution in [2.45, 2.75) is 0 Å². The molecule has 1 aliphatic rings. The van der Waals surface area contributed by atoms with Crippen LogP contribution in [0, 0.1) is 0 Å². The van der Waals surface area contributed by atoms with Crippen LogP contribution in [0.2, 0.25) is 0 Å². The summed E-state index contributed by atoms with van der Waals surface area (Å²) in [5.41, 5.74) is 0.998. The smallest absolute Gasteiger partial charge is 0.407 e. The van der Waals surface area contributed by atoms with Crippen molar-refractivity contribution in [1.29, 1.82) is 0 Å². The first-order valence-electron chi connectivity index (χ1n) is 7.54. The minimum Gasteiger partial charge on any atom is -0.465 e. The molecule has 1 aliphatic heterocycles. The number of carbonyl (C=O) groups excluding carboxylic acids is 2. The van der Waals surface area contributed by atoms with Gasteiger partial charge < -0.3 is 30.6 Å². The second-order valence-electron chi connectivity index (χ2n) is 5.24. The summed E-state index contributed by atoms with van der Waals surface area (Å²) in [6.45, 7) is 1.32. The van der Waals surface area contributed by atoms with Crippen LogP contribution in [0.3, 0.4) is 0 Å². The summed E-state index contributed by atoms with van der Waals surface area (Å²) >= 11 is 0. The van der Waals surface area contributed by atoms with Crippen LogP contribution in [0.1, 0.15) is 10.4 Å². The number of hydrogen-bond donors (Lipinski definition) is 4. The Kier molecular flexibility index (Phi) is 5.96.